The van der Waals surface area contributed by atoms with Gasteiger partial charge in [0.15, 0.2) is 0 Å². The summed E-state index contributed by atoms with van der Waals surface area (Å²) < 4.78 is 0. The minimum atomic E-state index is -0.386. The molecule has 4 aliphatic carbocycles. The Labute approximate surface area is 98.9 Å². The quantitative estimate of drug-likeness (QED) is 0.672. The molecule has 0 heterocycles. The normalized spacial score (nSPS) is 54.6. The van der Waals surface area contributed by atoms with Gasteiger partial charge < -0.3 is 5.11 Å². The molecule has 0 aliphatic heterocycles. The van der Waals surface area contributed by atoms with Gasteiger partial charge in [0.05, 0.1) is 5.60 Å². The molecule has 5 atom stereocenters. The third kappa shape index (κ3) is 0.971. The first-order valence-corrected chi connectivity index (χ1v) is 6.80. The smallest absolute Gasteiger partial charge is 0.0707 e. The summed E-state index contributed by atoms with van der Waals surface area (Å²) >= 11 is 0. The van der Waals surface area contributed by atoms with Gasteiger partial charge in [-0.1, -0.05) is 32.4 Å². The minimum Gasteiger partial charge on any atom is -0.389 e. The lowest BCUT2D eigenvalue weighted by molar-refractivity contribution is -0.259. The van der Waals surface area contributed by atoms with Crippen LogP contribution in [0.2, 0.25) is 0 Å². The fourth-order valence-corrected chi connectivity index (χ4v) is 5.11. The average molecular weight is 220 g/mol. The van der Waals surface area contributed by atoms with Crippen molar-refractivity contribution in [3.63, 3.8) is 0 Å². The van der Waals surface area contributed by atoms with Gasteiger partial charge in [0.25, 0.3) is 0 Å². The lowest BCUT2D eigenvalue weighted by Gasteiger charge is -2.72. The first-order valence-electron chi connectivity index (χ1n) is 6.80. The molecule has 4 aliphatic rings. The van der Waals surface area contributed by atoms with Gasteiger partial charge >= 0.3 is 0 Å². The van der Waals surface area contributed by atoms with Gasteiger partial charge in [-0.05, 0) is 55.3 Å². The predicted octanol–water partition coefficient (Wildman–Crippen LogP) is 3.39. The zero-order chi connectivity index (χ0) is 11.7. The van der Waals surface area contributed by atoms with E-state index < -0.39 is 0 Å². The van der Waals surface area contributed by atoms with Crippen molar-refractivity contribution < 1.29 is 5.11 Å². The Kier molecular flexibility index (Phi) is 1.98. The van der Waals surface area contributed by atoms with Crippen LogP contribution in [0.5, 0.6) is 0 Å². The third-order valence-electron chi connectivity index (χ3n) is 6.18. The highest BCUT2D eigenvalue weighted by molar-refractivity contribution is 5.30. The molecule has 2 saturated carbocycles. The molecule has 1 nitrogen and oxygen atoms in total. The molecule has 0 aromatic rings. The van der Waals surface area contributed by atoms with Crippen molar-refractivity contribution in [3.05, 3.63) is 11.6 Å². The largest absolute Gasteiger partial charge is 0.389 e. The molecular weight excluding hydrogens is 196 g/mol. The number of hydrogen-bond donors (Lipinski definition) is 1. The van der Waals surface area contributed by atoms with Crippen molar-refractivity contribution in [2.24, 2.45) is 29.1 Å². The van der Waals surface area contributed by atoms with Crippen molar-refractivity contribution in [1.82, 2.24) is 0 Å². The van der Waals surface area contributed by atoms with Crippen molar-refractivity contribution in [2.75, 3.05) is 0 Å². The van der Waals surface area contributed by atoms with E-state index in [0.29, 0.717) is 23.2 Å². The fourth-order valence-electron chi connectivity index (χ4n) is 5.11. The number of aliphatic hydroxyl groups is 1. The van der Waals surface area contributed by atoms with Crippen LogP contribution in [0.25, 0.3) is 0 Å². The average Bonchev–Trinajstić information content (AvgIpc) is 2.22. The molecule has 4 rings (SSSR count). The van der Waals surface area contributed by atoms with E-state index in [0.717, 1.165) is 12.3 Å². The highest BCUT2D eigenvalue weighted by Crippen LogP contribution is 2.72. The second-order valence-corrected chi connectivity index (χ2v) is 6.95. The Morgan fingerprint density at radius 1 is 1.38 bits per heavy atom. The standard InChI is InChI=1S/C15H24O/c1-9(2)15(16)8-7-14(4)11-6-5-10(3)12(14)13(11)15/h5,9,11-13,16H,6-8H2,1-4H3. The summed E-state index contributed by atoms with van der Waals surface area (Å²) in [5, 5.41) is 11.0. The van der Waals surface area contributed by atoms with Crippen molar-refractivity contribution in [1.29, 1.82) is 0 Å². The van der Waals surface area contributed by atoms with Crippen LogP contribution in [0.3, 0.4) is 0 Å². The van der Waals surface area contributed by atoms with Crippen molar-refractivity contribution >= 4 is 0 Å². The molecule has 90 valence electrons. The van der Waals surface area contributed by atoms with E-state index in [4.69, 9.17) is 0 Å². The highest BCUT2D eigenvalue weighted by atomic mass is 16.3. The van der Waals surface area contributed by atoms with Crippen LogP contribution in [0, 0.1) is 29.1 Å². The third-order valence-corrected chi connectivity index (χ3v) is 6.18. The molecule has 0 aromatic carbocycles. The zero-order valence-corrected chi connectivity index (χ0v) is 11.0. The van der Waals surface area contributed by atoms with Crippen LogP contribution in [0.1, 0.15) is 47.0 Å². The first-order chi connectivity index (χ1) is 7.41. The highest BCUT2D eigenvalue weighted by Gasteiger charge is 2.69. The maximum absolute atomic E-state index is 11.0. The lowest BCUT2D eigenvalue weighted by Crippen LogP contribution is -2.70. The summed E-state index contributed by atoms with van der Waals surface area (Å²) in [5.41, 5.74) is 1.68. The summed E-state index contributed by atoms with van der Waals surface area (Å²) in [5.74, 6) is 2.38. The van der Waals surface area contributed by atoms with Gasteiger partial charge in [-0.3, -0.25) is 0 Å². The first kappa shape index (κ1) is 10.8. The molecule has 4 bridgehead atoms. The van der Waals surface area contributed by atoms with E-state index in [9.17, 15) is 5.11 Å². The van der Waals surface area contributed by atoms with Crippen LogP contribution in [-0.2, 0) is 0 Å². The molecule has 2 fully saturated rings. The summed E-state index contributed by atoms with van der Waals surface area (Å²) in [7, 11) is 0. The second kappa shape index (κ2) is 2.93. The maximum Gasteiger partial charge on any atom is 0.0707 e. The van der Waals surface area contributed by atoms with E-state index in [1.807, 2.05) is 0 Å². The summed E-state index contributed by atoms with van der Waals surface area (Å²) in [6.45, 7) is 9.11. The van der Waals surface area contributed by atoms with Crippen molar-refractivity contribution in [2.45, 2.75) is 52.6 Å². The molecule has 16 heavy (non-hydrogen) atoms. The van der Waals surface area contributed by atoms with E-state index in [1.54, 1.807) is 5.57 Å². The van der Waals surface area contributed by atoms with E-state index in [1.165, 1.54) is 12.8 Å². The Morgan fingerprint density at radius 2 is 2.06 bits per heavy atom. The van der Waals surface area contributed by atoms with Crippen LogP contribution in [0.4, 0.5) is 0 Å². The van der Waals surface area contributed by atoms with E-state index in [-0.39, 0.29) is 5.60 Å². The lowest BCUT2D eigenvalue weighted by atomic mass is 9.33. The van der Waals surface area contributed by atoms with Crippen LogP contribution >= 0.6 is 0 Å². The van der Waals surface area contributed by atoms with E-state index in [2.05, 4.69) is 33.8 Å². The van der Waals surface area contributed by atoms with Gasteiger partial charge in [-0.2, -0.15) is 0 Å². The van der Waals surface area contributed by atoms with Gasteiger partial charge in [0, 0.05) is 0 Å². The Bertz CT molecular complexity index is 356. The summed E-state index contributed by atoms with van der Waals surface area (Å²) in [6, 6.07) is 0. The van der Waals surface area contributed by atoms with Gasteiger partial charge in [-0.25, -0.2) is 0 Å². The SMILES string of the molecule is CC1=CCC2C3C1C2(C)CCC3(O)C(C)C. The predicted molar refractivity (Wildman–Crippen MR) is 66.0 cm³/mol. The topological polar surface area (TPSA) is 20.2 Å². The summed E-state index contributed by atoms with van der Waals surface area (Å²) in [6.07, 6.45) is 5.86. The number of allylic oxidation sites excluding steroid dienone is 2. The van der Waals surface area contributed by atoms with Crippen LogP contribution < -0.4 is 0 Å². The maximum atomic E-state index is 11.0. The molecule has 0 saturated heterocycles. The number of rotatable bonds is 1. The van der Waals surface area contributed by atoms with Gasteiger partial charge in [0.2, 0.25) is 0 Å². The number of hydrogen-bond acceptors (Lipinski definition) is 1. The molecule has 5 unspecified atom stereocenters. The molecule has 1 N–H and O–H groups in total. The summed E-state index contributed by atoms with van der Waals surface area (Å²) in [4.78, 5) is 0. The molecule has 0 radical (unpaired) electrons. The second-order valence-electron chi connectivity index (χ2n) is 6.95. The molecule has 0 aromatic heterocycles. The molecule has 0 amide bonds. The Hall–Kier alpha value is -0.300. The molecular formula is C15H24O. The molecule has 1 heteroatoms. The minimum absolute atomic E-state index is 0.386. The van der Waals surface area contributed by atoms with E-state index >= 15 is 0 Å². The molecule has 0 spiro atoms. The Balaban J connectivity index is 2.02. The van der Waals surface area contributed by atoms with Crippen LogP contribution in [-0.4, -0.2) is 10.7 Å². The fraction of sp³-hybridized carbons (Fsp3) is 0.867. The van der Waals surface area contributed by atoms with Crippen LogP contribution in [0.15, 0.2) is 11.6 Å². The van der Waals surface area contributed by atoms with Gasteiger partial charge in [0.1, 0.15) is 0 Å². The number of fused-ring (bicyclic) bond motifs is 1. The Morgan fingerprint density at radius 3 is 2.62 bits per heavy atom. The monoisotopic (exact) mass is 220 g/mol. The zero-order valence-electron chi connectivity index (χ0n) is 11.0. The van der Waals surface area contributed by atoms with Crippen molar-refractivity contribution in [3.8, 4) is 0 Å². The van der Waals surface area contributed by atoms with Gasteiger partial charge in [-0.15, -0.1) is 0 Å².